The first-order valence-electron chi connectivity index (χ1n) is 10.9. The molecule has 1 aromatic heterocycles. The van der Waals surface area contributed by atoms with E-state index >= 15 is 0 Å². The summed E-state index contributed by atoms with van der Waals surface area (Å²) in [5.74, 6) is -12.8. The van der Waals surface area contributed by atoms with Gasteiger partial charge in [0.05, 0.1) is 18.4 Å². The number of nitrogens with zero attached hydrogens (tertiary/aromatic N) is 1. The molecule has 0 bridgehead atoms. The van der Waals surface area contributed by atoms with Gasteiger partial charge in [-0.05, 0) is 37.6 Å². The van der Waals surface area contributed by atoms with E-state index in [-0.39, 0.29) is 22.9 Å². The molecule has 4 rings (SSSR count). The van der Waals surface area contributed by atoms with Gasteiger partial charge in [0.15, 0.2) is 23.3 Å². The first kappa shape index (κ1) is 26.9. The summed E-state index contributed by atoms with van der Waals surface area (Å²) < 4.78 is 74.1. The lowest BCUT2D eigenvalue weighted by Gasteiger charge is -2.14. The minimum absolute atomic E-state index is 0.0127. The summed E-state index contributed by atoms with van der Waals surface area (Å²) in [4.78, 5) is 30.4. The molecule has 1 aliphatic rings. The molecule has 7 nitrogen and oxygen atoms in total. The number of carbonyl (C=O) groups excluding carboxylic acids is 2. The van der Waals surface area contributed by atoms with Crippen LogP contribution in [0.25, 0.3) is 0 Å². The Kier molecular flexibility index (Phi) is 7.58. The number of anilines is 2. The average molecular weight is 551 g/mol. The molecule has 13 heteroatoms. The fraction of sp³-hybridized carbons (Fsp3) is 0.160. The normalized spacial score (nSPS) is 16.3. The average Bonchev–Trinajstić information content (AvgIpc) is 3.52. The second-order valence-electron chi connectivity index (χ2n) is 8.24. The fourth-order valence-electron chi connectivity index (χ4n) is 3.62. The summed E-state index contributed by atoms with van der Waals surface area (Å²) in [7, 11) is 0. The fourth-order valence-corrected chi connectivity index (χ4v) is 4.72. The molecule has 38 heavy (non-hydrogen) atoms. The number of nitrogens with one attached hydrogen (secondary N) is 2. The molecule has 4 N–H and O–H groups in total. The van der Waals surface area contributed by atoms with E-state index < -0.39 is 51.8 Å². The zero-order valence-corrected chi connectivity index (χ0v) is 20.6. The summed E-state index contributed by atoms with van der Waals surface area (Å²) in [5.41, 5.74) is 6.26. The Bertz CT molecular complexity index is 1480. The quantitative estimate of drug-likeness (QED) is 0.225. The van der Waals surface area contributed by atoms with Crippen molar-refractivity contribution in [2.75, 3.05) is 10.6 Å². The number of aryl methyl sites for hydroxylation is 2. The Morgan fingerprint density at radius 2 is 1.66 bits per heavy atom. The van der Waals surface area contributed by atoms with Gasteiger partial charge in [0.25, 0.3) is 5.91 Å². The molecule has 1 unspecified atom stereocenters. The van der Waals surface area contributed by atoms with Crippen molar-refractivity contribution in [1.82, 2.24) is 0 Å². The monoisotopic (exact) mass is 550 g/mol. The van der Waals surface area contributed by atoms with Gasteiger partial charge >= 0.3 is 0 Å². The Morgan fingerprint density at radius 1 is 1.00 bits per heavy atom. The van der Waals surface area contributed by atoms with E-state index in [1.165, 1.54) is 6.26 Å². The molecular weight excluding hydrogens is 531 g/mol. The molecule has 0 fully saturated rings. The van der Waals surface area contributed by atoms with E-state index in [9.17, 15) is 31.5 Å². The van der Waals surface area contributed by atoms with Crippen LogP contribution in [-0.4, -0.2) is 22.1 Å². The van der Waals surface area contributed by atoms with E-state index in [2.05, 4.69) is 10.3 Å². The van der Waals surface area contributed by atoms with Crippen LogP contribution in [0.5, 0.6) is 0 Å². The third-order valence-corrected chi connectivity index (χ3v) is 6.79. The molecular formula is C25H19F5N4O3S. The van der Waals surface area contributed by atoms with Crippen molar-refractivity contribution in [3.05, 3.63) is 93.8 Å². The molecule has 2 heterocycles. The molecule has 1 atom stereocenters. The lowest BCUT2D eigenvalue weighted by atomic mass is 10.1. The molecule has 1 aliphatic heterocycles. The molecule has 0 radical (unpaired) electrons. The number of hydrogen-bond donors (Lipinski definition) is 3. The molecule has 0 saturated carbocycles. The number of amides is 2. The first-order chi connectivity index (χ1) is 18.0. The molecule has 2 aromatic carbocycles. The van der Waals surface area contributed by atoms with Crippen molar-refractivity contribution in [2.24, 2.45) is 10.7 Å². The summed E-state index contributed by atoms with van der Waals surface area (Å²) in [6.45, 7) is 3.62. The van der Waals surface area contributed by atoms with Gasteiger partial charge in [-0.2, -0.15) is 0 Å². The van der Waals surface area contributed by atoms with E-state index in [1.807, 2.05) is 13.0 Å². The SMILES string of the molecule is Cc1ccc(NC(=O)C2=C(N)C(C(=O)Nc3c(F)c(F)c(F)c(F)c3F)SC2=NCc2ccco2)c(C)c1. The number of carbonyl (C=O) groups is 2. The molecule has 2 amide bonds. The second-order valence-corrected chi connectivity index (χ2v) is 9.33. The predicted molar refractivity (Wildman–Crippen MR) is 132 cm³/mol. The van der Waals surface area contributed by atoms with Gasteiger partial charge in [-0.1, -0.05) is 29.5 Å². The number of nitrogens with two attached hydrogens (primary N) is 1. The standard InChI is InChI=1S/C25H19F5N4O3S/c1-10-5-6-13(11(2)8-10)33-23(35)14-20(31)22(38-25(14)32-9-12-4-3-7-37-12)24(36)34-21-18(29)16(27)15(26)17(28)19(21)30/h3-8,22H,9,31H2,1-2H3,(H,33,35)(H,34,36). The maximum atomic E-state index is 14.1. The Labute approximate surface area is 217 Å². The van der Waals surface area contributed by atoms with Crippen LogP contribution in [0, 0.1) is 42.9 Å². The van der Waals surface area contributed by atoms with Gasteiger partial charge in [0.1, 0.15) is 21.7 Å². The Balaban J connectivity index is 1.68. The highest BCUT2D eigenvalue weighted by Crippen LogP contribution is 2.36. The van der Waals surface area contributed by atoms with Crippen LogP contribution >= 0.6 is 11.8 Å². The van der Waals surface area contributed by atoms with Crippen LogP contribution in [0.4, 0.5) is 33.3 Å². The highest BCUT2D eigenvalue weighted by atomic mass is 32.2. The van der Waals surface area contributed by atoms with Crippen LogP contribution in [0.2, 0.25) is 0 Å². The van der Waals surface area contributed by atoms with Crippen molar-refractivity contribution in [3.8, 4) is 0 Å². The second kappa shape index (κ2) is 10.7. The first-order valence-corrected chi connectivity index (χ1v) is 11.8. The number of furan rings is 1. The largest absolute Gasteiger partial charge is 0.467 e. The van der Waals surface area contributed by atoms with Crippen LogP contribution in [-0.2, 0) is 16.1 Å². The summed E-state index contributed by atoms with van der Waals surface area (Å²) in [5, 5.41) is 2.93. The predicted octanol–water partition coefficient (Wildman–Crippen LogP) is 5.10. The maximum Gasteiger partial charge on any atom is 0.260 e. The minimum Gasteiger partial charge on any atom is -0.467 e. The molecule has 0 saturated heterocycles. The van der Waals surface area contributed by atoms with E-state index in [4.69, 9.17) is 10.2 Å². The van der Waals surface area contributed by atoms with Gasteiger partial charge in [-0.15, -0.1) is 0 Å². The molecule has 0 spiro atoms. The van der Waals surface area contributed by atoms with Crippen molar-refractivity contribution in [2.45, 2.75) is 25.6 Å². The van der Waals surface area contributed by atoms with Crippen molar-refractivity contribution in [1.29, 1.82) is 0 Å². The summed E-state index contributed by atoms with van der Waals surface area (Å²) in [6, 6.07) is 8.53. The Hall–Kier alpha value is -4.13. The Morgan fingerprint density at radius 3 is 2.26 bits per heavy atom. The smallest absolute Gasteiger partial charge is 0.260 e. The van der Waals surface area contributed by atoms with Gasteiger partial charge in [-0.3, -0.25) is 14.6 Å². The van der Waals surface area contributed by atoms with Crippen LogP contribution in [0.15, 0.2) is 57.3 Å². The number of halogens is 5. The number of benzene rings is 2. The van der Waals surface area contributed by atoms with E-state index in [0.717, 1.165) is 11.1 Å². The summed E-state index contributed by atoms with van der Waals surface area (Å²) in [6.07, 6.45) is 1.41. The van der Waals surface area contributed by atoms with Gasteiger partial charge < -0.3 is 20.8 Å². The number of hydrogen-bond acceptors (Lipinski definition) is 6. The van der Waals surface area contributed by atoms with Crippen molar-refractivity contribution < 1.29 is 36.0 Å². The third-order valence-electron chi connectivity index (χ3n) is 5.53. The molecule has 0 aliphatic carbocycles. The highest BCUT2D eigenvalue weighted by Gasteiger charge is 2.39. The maximum absolute atomic E-state index is 14.1. The molecule has 198 valence electrons. The molecule has 3 aromatic rings. The van der Waals surface area contributed by atoms with Crippen LogP contribution in [0.3, 0.4) is 0 Å². The number of rotatable bonds is 6. The number of thioether (sulfide) groups is 1. The zero-order valence-electron chi connectivity index (χ0n) is 19.8. The van der Waals surface area contributed by atoms with Crippen molar-refractivity contribution >= 4 is 40.0 Å². The topological polar surface area (TPSA) is 110 Å². The van der Waals surface area contributed by atoms with Crippen LogP contribution < -0.4 is 16.4 Å². The van der Waals surface area contributed by atoms with E-state index in [0.29, 0.717) is 23.2 Å². The third kappa shape index (κ3) is 5.14. The lowest BCUT2D eigenvalue weighted by Crippen LogP contribution is -2.30. The van der Waals surface area contributed by atoms with Crippen LogP contribution in [0.1, 0.15) is 16.9 Å². The van der Waals surface area contributed by atoms with Gasteiger partial charge in [0.2, 0.25) is 11.7 Å². The number of aliphatic imine (C=N–C) groups is 1. The van der Waals surface area contributed by atoms with Gasteiger partial charge in [-0.25, -0.2) is 22.0 Å². The van der Waals surface area contributed by atoms with E-state index in [1.54, 1.807) is 36.5 Å². The van der Waals surface area contributed by atoms with Gasteiger partial charge in [0, 0.05) is 11.4 Å². The minimum atomic E-state index is -2.37. The summed E-state index contributed by atoms with van der Waals surface area (Å²) >= 11 is 0.675. The highest BCUT2D eigenvalue weighted by molar-refractivity contribution is 8.16. The lowest BCUT2D eigenvalue weighted by molar-refractivity contribution is -0.115. The zero-order chi connectivity index (χ0) is 27.7. The van der Waals surface area contributed by atoms with Crippen molar-refractivity contribution in [3.63, 3.8) is 0 Å².